The highest BCUT2D eigenvalue weighted by molar-refractivity contribution is 7.09. The number of nitrogens with zero attached hydrogens (tertiary/aromatic N) is 1. The summed E-state index contributed by atoms with van der Waals surface area (Å²) in [5.74, 6) is 0.722. The third-order valence-electron chi connectivity index (χ3n) is 2.91. The van der Waals surface area contributed by atoms with Crippen LogP contribution in [-0.2, 0) is 17.8 Å². The molecule has 0 saturated heterocycles. The molecule has 5 nitrogen and oxygen atoms in total. The molecule has 0 radical (unpaired) electrons. The van der Waals surface area contributed by atoms with Gasteiger partial charge >= 0.3 is 0 Å². The average molecular weight is 293 g/mol. The summed E-state index contributed by atoms with van der Waals surface area (Å²) < 4.78 is 5.16. The lowest BCUT2D eigenvalue weighted by Gasteiger charge is -2.13. The maximum atomic E-state index is 11.9. The summed E-state index contributed by atoms with van der Waals surface area (Å²) in [6.07, 6.45) is 2.43. The van der Waals surface area contributed by atoms with Crippen molar-refractivity contribution < 1.29 is 9.21 Å². The van der Waals surface area contributed by atoms with E-state index in [0.717, 1.165) is 29.4 Å². The van der Waals surface area contributed by atoms with E-state index < -0.39 is 0 Å². The maximum Gasteiger partial charge on any atom is 0.237 e. The standard InChI is InChI=1S/C14H19N3O2S/c1-10(14(18)16-8-13-4-3-7-19-13)15-6-5-12-9-20-11(2)17-12/h3-4,7,9-10,15H,5-6,8H2,1-2H3,(H,16,18). The van der Waals surface area contributed by atoms with E-state index in [0.29, 0.717) is 6.54 Å². The zero-order valence-electron chi connectivity index (χ0n) is 11.7. The van der Waals surface area contributed by atoms with Crippen molar-refractivity contribution >= 4 is 17.2 Å². The molecule has 1 atom stereocenters. The number of amides is 1. The van der Waals surface area contributed by atoms with Crippen LogP contribution in [-0.4, -0.2) is 23.5 Å². The van der Waals surface area contributed by atoms with E-state index in [1.807, 2.05) is 19.9 Å². The van der Waals surface area contributed by atoms with Gasteiger partial charge in [-0.3, -0.25) is 4.79 Å². The molecule has 0 aromatic carbocycles. The molecule has 2 heterocycles. The van der Waals surface area contributed by atoms with Gasteiger partial charge in [-0.1, -0.05) is 0 Å². The molecule has 2 rings (SSSR count). The van der Waals surface area contributed by atoms with Crippen molar-refractivity contribution in [2.24, 2.45) is 0 Å². The Morgan fingerprint density at radius 3 is 3.05 bits per heavy atom. The number of carbonyl (C=O) groups is 1. The molecular formula is C14H19N3O2S. The Hall–Kier alpha value is -1.66. The van der Waals surface area contributed by atoms with Gasteiger partial charge in [-0.25, -0.2) is 4.98 Å². The molecule has 2 aromatic rings. The number of aryl methyl sites for hydroxylation is 1. The largest absolute Gasteiger partial charge is 0.467 e. The minimum atomic E-state index is -0.232. The lowest BCUT2D eigenvalue weighted by molar-refractivity contribution is -0.123. The Kier molecular flexibility index (Phi) is 5.31. The number of carbonyl (C=O) groups excluding carboxylic acids is 1. The lowest BCUT2D eigenvalue weighted by Crippen LogP contribution is -2.42. The minimum absolute atomic E-state index is 0.0316. The highest BCUT2D eigenvalue weighted by Crippen LogP contribution is 2.07. The first-order chi connectivity index (χ1) is 9.65. The van der Waals surface area contributed by atoms with Gasteiger partial charge in [0.15, 0.2) is 0 Å². The van der Waals surface area contributed by atoms with Gasteiger partial charge in [0, 0.05) is 18.3 Å². The van der Waals surface area contributed by atoms with Crippen LogP contribution in [0.25, 0.3) is 0 Å². The summed E-state index contributed by atoms with van der Waals surface area (Å²) >= 11 is 1.65. The number of rotatable bonds is 7. The first-order valence-corrected chi connectivity index (χ1v) is 7.47. The van der Waals surface area contributed by atoms with Crippen molar-refractivity contribution in [2.45, 2.75) is 32.9 Å². The molecule has 0 aliphatic rings. The van der Waals surface area contributed by atoms with Crippen LogP contribution in [0.4, 0.5) is 0 Å². The van der Waals surface area contributed by atoms with E-state index in [-0.39, 0.29) is 11.9 Å². The first kappa shape index (κ1) is 14.7. The van der Waals surface area contributed by atoms with Crippen LogP contribution in [0.5, 0.6) is 0 Å². The average Bonchev–Trinajstić information content (AvgIpc) is 3.07. The molecule has 0 aliphatic heterocycles. The fraction of sp³-hybridized carbons (Fsp3) is 0.429. The lowest BCUT2D eigenvalue weighted by atomic mass is 10.2. The van der Waals surface area contributed by atoms with E-state index in [9.17, 15) is 4.79 Å². The van der Waals surface area contributed by atoms with E-state index in [4.69, 9.17) is 4.42 Å². The Labute approximate surface area is 122 Å². The monoisotopic (exact) mass is 293 g/mol. The maximum absolute atomic E-state index is 11.9. The smallest absolute Gasteiger partial charge is 0.237 e. The Balaban J connectivity index is 1.66. The quantitative estimate of drug-likeness (QED) is 0.818. The predicted octanol–water partition coefficient (Wildman–Crippen LogP) is 1.88. The van der Waals surface area contributed by atoms with Crippen LogP contribution in [0.2, 0.25) is 0 Å². The van der Waals surface area contributed by atoms with Gasteiger partial charge in [0.2, 0.25) is 5.91 Å². The molecule has 20 heavy (non-hydrogen) atoms. The van der Waals surface area contributed by atoms with Crippen LogP contribution < -0.4 is 10.6 Å². The number of hydrogen-bond acceptors (Lipinski definition) is 5. The topological polar surface area (TPSA) is 67.2 Å². The molecule has 108 valence electrons. The van der Waals surface area contributed by atoms with Crippen LogP contribution in [0.1, 0.15) is 23.4 Å². The van der Waals surface area contributed by atoms with Crippen LogP contribution in [0.3, 0.4) is 0 Å². The predicted molar refractivity (Wildman–Crippen MR) is 78.6 cm³/mol. The van der Waals surface area contributed by atoms with Crippen molar-refractivity contribution in [1.82, 2.24) is 15.6 Å². The van der Waals surface area contributed by atoms with Gasteiger partial charge in [0.05, 0.1) is 29.6 Å². The van der Waals surface area contributed by atoms with Crippen molar-refractivity contribution in [3.63, 3.8) is 0 Å². The van der Waals surface area contributed by atoms with E-state index in [1.165, 1.54) is 0 Å². The van der Waals surface area contributed by atoms with Gasteiger partial charge < -0.3 is 15.1 Å². The summed E-state index contributed by atoms with van der Waals surface area (Å²) in [5, 5.41) is 9.15. The molecule has 1 amide bonds. The summed E-state index contributed by atoms with van der Waals surface area (Å²) in [4.78, 5) is 16.2. The van der Waals surface area contributed by atoms with Crippen molar-refractivity contribution in [3.8, 4) is 0 Å². The highest BCUT2D eigenvalue weighted by Gasteiger charge is 2.12. The van der Waals surface area contributed by atoms with Gasteiger partial charge in [-0.05, 0) is 26.0 Å². The summed E-state index contributed by atoms with van der Waals surface area (Å²) in [5.41, 5.74) is 1.07. The second-order valence-electron chi connectivity index (χ2n) is 4.58. The zero-order valence-corrected chi connectivity index (χ0v) is 12.5. The Bertz CT molecular complexity index is 536. The van der Waals surface area contributed by atoms with E-state index >= 15 is 0 Å². The summed E-state index contributed by atoms with van der Waals surface area (Å²) in [6.45, 7) is 5.00. The number of nitrogens with one attached hydrogen (secondary N) is 2. The van der Waals surface area contributed by atoms with Gasteiger partial charge in [-0.15, -0.1) is 11.3 Å². The fourth-order valence-corrected chi connectivity index (χ4v) is 2.42. The normalized spacial score (nSPS) is 12.3. The Morgan fingerprint density at radius 1 is 1.55 bits per heavy atom. The van der Waals surface area contributed by atoms with Crippen LogP contribution in [0, 0.1) is 6.92 Å². The summed E-state index contributed by atoms with van der Waals surface area (Å²) in [6, 6.07) is 3.41. The molecule has 2 N–H and O–H groups in total. The molecule has 0 aliphatic carbocycles. The van der Waals surface area contributed by atoms with Crippen LogP contribution in [0.15, 0.2) is 28.2 Å². The second-order valence-corrected chi connectivity index (χ2v) is 5.64. The molecule has 2 aromatic heterocycles. The number of hydrogen-bond donors (Lipinski definition) is 2. The molecule has 1 unspecified atom stereocenters. The summed E-state index contributed by atoms with van der Waals surface area (Å²) in [7, 11) is 0. The number of thiazole rings is 1. The van der Waals surface area contributed by atoms with Gasteiger partial charge in [0.25, 0.3) is 0 Å². The van der Waals surface area contributed by atoms with Crippen molar-refractivity contribution in [3.05, 3.63) is 40.2 Å². The zero-order chi connectivity index (χ0) is 14.4. The Morgan fingerprint density at radius 2 is 2.40 bits per heavy atom. The molecule has 0 saturated carbocycles. The highest BCUT2D eigenvalue weighted by atomic mass is 32.1. The molecule has 6 heteroatoms. The van der Waals surface area contributed by atoms with Crippen LogP contribution >= 0.6 is 11.3 Å². The number of aromatic nitrogens is 1. The second kappa shape index (κ2) is 7.21. The number of furan rings is 1. The van der Waals surface area contributed by atoms with Crippen molar-refractivity contribution in [1.29, 1.82) is 0 Å². The van der Waals surface area contributed by atoms with E-state index in [1.54, 1.807) is 23.7 Å². The SMILES string of the molecule is Cc1nc(CCNC(C)C(=O)NCc2ccco2)cs1. The molecule has 0 spiro atoms. The van der Waals surface area contributed by atoms with E-state index in [2.05, 4.69) is 21.0 Å². The van der Waals surface area contributed by atoms with Gasteiger partial charge in [0.1, 0.15) is 5.76 Å². The third kappa shape index (κ3) is 4.47. The molecule has 0 fully saturated rings. The minimum Gasteiger partial charge on any atom is -0.467 e. The molecular weight excluding hydrogens is 274 g/mol. The van der Waals surface area contributed by atoms with Gasteiger partial charge in [-0.2, -0.15) is 0 Å². The fourth-order valence-electron chi connectivity index (χ4n) is 1.77. The van der Waals surface area contributed by atoms with Crippen molar-refractivity contribution in [2.75, 3.05) is 6.54 Å². The third-order valence-corrected chi connectivity index (χ3v) is 3.73. The first-order valence-electron chi connectivity index (χ1n) is 6.59. The molecule has 0 bridgehead atoms.